The maximum Gasteiger partial charge on any atom is 0.414 e. The van der Waals surface area contributed by atoms with Crippen LogP contribution < -0.4 is 20.3 Å². The number of pyridine rings is 1. The fraction of sp³-hybridized carbons (Fsp3) is 0.346. The van der Waals surface area contributed by atoms with E-state index in [1.807, 2.05) is 30.3 Å². The van der Waals surface area contributed by atoms with Crippen LogP contribution in [0, 0.1) is 0 Å². The SMILES string of the molecule is O=C1CSc2ccc(N3C[C@H](CCNCc4cc(-c5nccc(OC6COC6)n5)ccn4)OC3=O)cc2N1. The highest BCUT2D eigenvalue weighted by atomic mass is 32.2. The standard InChI is InChI=1S/C26H26N6O5S/c33-23-15-38-22-2-1-18(10-21(22)30-23)32-12-19(37-26(32)34)4-6-27-11-17-9-16(3-7-28-17)25-29-8-5-24(31-25)36-20-13-35-14-20/h1-3,5,7-10,19-20,27H,4,6,11-15H2,(H,30,33)/t19-/m0/s1. The summed E-state index contributed by atoms with van der Waals surface area (Å²) in [5, 5.41) is 6.24. The number of carbonyl (C=O) groups excluding carboxylic acids is 2. The lowest BCUT2D eigenvalue weighted by Crippen LogP contribution is -2.38. The first-order valence-electron chi connectivity index (χ1n) is 12.4. The van der Waals surface area contributed by atoms with Crippen LogP contribution in [0.1, 0.15) is 12.1 Å². The molecule has 5 heterocycles. The van der Waals surface area contributed by atoms with Gasteiger partial charge in [0.15, 0.2) is 5.82 Å². The van der Waals surface area contributed by atoms with Crippen molar-refractivity contribution >= 4 is 35.1 Å². The Kier molecular flexibility index (Phi) is 7.08. The number of hydrogen-bond donors (Lipinski definition) is 2. The molecule has 3 aliphatic rings. The van der Waals surface area contributed by atoms with Crippen molar-refractivity contribution in [2.45, 2.75) is 30.1 Å². The van der Waals surface area contributed by atoms with E-state index in [2.05, 4.69) is 25.6 Å². The van der Waals surface area contributed by atoms with Crippen molar-refractivity contribution in [1.82, 2.24) is 20.3 Å². The molecule has 2 amide bonds. The van der Waals surface area contributed by atoms with E-state index in [1.54, 1.807) is 23.4 Å². The fourth-order valence-corrected chi connectivity index (χ4v) is 5.10. The van der Waals surface area contributed by atoms with Gasteiger partial charge in [-0.1, -0.05) is 0 Å². The number of benzene rings is 1. The van der Waals surface area contributed by atoms with E-state index in [0.717, 1.165) is 21.8 Å². The fourth-order valence-electron chi connectivity index (χ4n) is 4.31. The second-order valence-electron chi connectivity index (χ2n) is 9.13. The molecular weight excluding hydrogens is 508 g/mol. The van der Waals surface area contributed by atoms with Gasteiger partial charge in [-0.2, -0.15) is 4.98 Å². The van der Waals surface area contributed by atoms with Gasteiger partial charge in [-0.15, -0.1) is 11.8 Å². The highest BCUT2D eigenvalue weighted by molar-refractivity contribution is 8.00. The molecule has 0 radical (unpaired) electrons. The molecule has 196 valence electrons. The number of thioether (sulfide) groups is 1. The lowest BCUT2D eigenvalue weighted by Gasteiger charge is -2.26. The molecule has 12 heteroatoms. The first kappa shape index (κ1) is 24.6. The van der Waals surface area contributed by atoms with Crippen LogP contribution in [0.3, 0.4) is 0 Å². The number of nitrogens with one attached hydrogen (secondary N) is 2. The first-order chi connectivity index (χ1) is 18.6. The minimum Gasteiger partial charge on any atom is -0.469 e. The van der Waals surface area contributed by atoms with Crippen molar-refractivity contribution in [1.29, 1.82) is 0 Å². The van der Waals surface area contributed by atoms with Crippen molar-refractivity contribution in [3.63, 3.8) is 0 Å². The number of cyclic esters (lactones) is 1. The van der Waals surface area contributed by atoms with E-state index in [1.165, 1.54) is 11.8 Å². The van der Waals surface area contributed by atoms with E-state index < -0.39 is 0 Å². The predicted molar refractivity (Wildman–Crippen MR) is 140 cm³/mol. The third-order valence-corrected chi connectivity index (χ3v) is 7.40. The summed E-state index contributed by atoms with van der Waals surface area (Å²) in [6.45, 7) is 2.82. The van der Waals surface area contributed by atoms with E-state index in [0.29, 0.717) is 62.4 Å². The van der Waals surface area contributed by atoms with Gasteiger partial charge in [-0.05, 0) is 43.3 Å². The summed E-state index contributed by atoms with van der Waals surface area (Å²) >= 11 is 1.49. The second-order valence-corrected chi connectivity index (χ2v) is 10.1. The van der Waals surface area contributed by atoms with E-state index in [4.69, 9.17) is 14.2 Å². The number of aromatic nitrogens is 3. The molecule has 11 nitrogen and oxygen atoms in total. The molecule has 0 saturated carbocycles. The minimum atomic E-state index is -0.379. The molecule has 0 aliphatic carbocycles. The third kappa shape index (κ3) is 5.57. The van der Waals surface area contributed by atoms with Crippen LogP contribution in [0.2, 0.25) is 0 Å². The Bertz CT molecular complexity index is 1350. The Balaban J connectivity index is 1.00. The monoisotopic (exact) mass is 534 g/mol. The highest BCUT2D eigenvalue weighted by Crippen LogP contribution is 2.35. The summed E-state index contributed by atoms with van der Waals surface area (Å²) in [6.07, 6.45) is 3.51. The molecule has 2 N–H and O–H groups in total. The van der Waals surface area contributed by atoms with Crippen LogP contribution >= 0.6 is 11.8 Å². The number of rotatable bonds is 9. The largest absolute Gasteiger partial charge is 0.469 e. The van der Waals surface area contributed by atoms with Crippen LogP contribution in [0.5, 0.6) is 5.88 Å². The summed E-state index contributed by atoms with van der Waals surface area (Å²) in [4.78, 5) is 40.1. The zero-order chi connectivity index (χ0) is 25.9. The van der Waals surface area contributed by atoms with Gasteiger partial charge in [0.05, 0.1) is 36.9 Å². The maximum atomic E-state index is 12.5. The summed E-state index contributed by atoms with van der Waals surface area (Å²) in [5.41, 5.74) is 3.15. The number of amides is 2. The zero-order valence-corrected chi connectivity index (χ0v) is 21.3. The van der Waals surface area contributed by atoms with Gasteiger partial charge >= 0.3 is 6.09 Å². The van der Waals surface area contributed by atoms with E-state index in [9.17, 15) is 9.59 Å². The molecule has 1 atom stereocenters. The Labute approximate surface area is 223 Å². The molecule has 6 rings (SSSR count). The molecule has 38 heavy (non-hydrogen) atoms. The molecule has 0 spiro atoms. The molecule has 0 bridgehead atoms. The normalized spacial score (nSPS) is 18.9. The molecule has 1 aromatic carbocycles. The van der Waals surface area contributed by atoms with Crippen LogP contribution in [-0.4, -0.2) is 71.2 Å². The third-order valence-electron chi connectivity index (χ3n) is 6.33. The quantitative estimate of drug-likeness (QED) is 0.396. The van der Waals surface area contributed by atoms with Gasteiger partial charge in [-0.3, -0.25) is 14.7 Å². The second kappa shape index (κ2) is 10.9. The van der Waals surface area contributed by atoms with Gasteiger partial charge in [0.2, 0.25) is 11.8 Å². The molecular formula is C26H26N6O5S. The number of ether oxygens (including phenoxy) is 3. The zero-order valence-electron chi connectivity index (χ0n) is 20.5. The van der Waals surface area contributed by atoms with Crippen molar-refractivity contribution in [3.8, 4) is 17.3 Å². The van der Waals surface area contributed by atoms with Gasteiger partial charge in [0, 0.05) is 41.2 Å². The Morgan fingerprint density at radius 3 is 2.89 bits per heavy atom. The molecule has 0 unspecified atom stereocenters. The lowest BCUT2D eigenvalue weighted by atomic mass is 10.2. The Morgan fingerprint density at radius 2 is 2.03 bits per heavy atom. The lowest BCUT2D eigenvalue weighted by molar-refractivity contribution is -0.113. The summed E-state index contributed by atoms with van der Waals surface area (Å²) in [5.74, 6) is 1.46. The van der Waals surface area contributed by atoms with Crippen molar-refractivity contribution < 1.29 is 23.8 Å². The van der Waals surface area contributed by atoms with Crippen LogP contribution in [-0.2, 0) is 20.8 Å². The van der Waals surface area contributed by atoms with Crippen molar-refractivity contribution in [2.24, 2.45) is 0 Å². The topological polar surface area (TPSA) is 128 Å². The molecule has 3 aliphatic heterocycles. The highest BCUT2D eigenvalue weighted by Gasteiger charge is 2.32. The maximum absolute atomic E-state index is 12.5. The van der Waals surface area contributed by atoms with Crippen LogP contribution in [0.25, 0.3) is 11.4 Å². The predicted octanol–water partition coefficient (Wildman–Crippen LogP) is 2.87. The molecule has 2 fully saturated rings. The number of nitrogens with zero attached hydrogens (tertiary/aromatic N) is 4. The van der Waals surface area contributed by atoms with Gasteiger partial charge in [0.25, 0.3) is 0 Å². The molecule has 2 saturated heterocycles. The summed E-state index contributed by atoms with van der Waals surface area (Å²) in [6, 6.07) is 11.2. The van der Waals surface area contributed by atoms with Crippen molar-refractivity contribution in [3.05, 3.63) is 54.5 Å². The van der Waals surface area contributed by atoms with Gasteiger partial charge in [-0.25, -0.2) is 9.78 Å². The number of fused-ring (bicyclic) bond motifs is 1. The Morgan fingerprint density at radius 1 is 1.13 bits per heavy atom. The minimum absolute atomic E-state index is 0.0397. The van der Waals surface area contributed by atoms with Gasteiger partial charge in [0.1, 0.15) is 12.2 Å². The van der Waals surface area contributed by atoms with E-state index >= 15 is 0 Å². The van der Waals surface area contributed by atoms with Gasteiger partial charge < -0.3 is 24.8 Å². The van der Waals surface area contributed by atoms with E-state index in [-0.39, 0.29) is 24.2 Å². The van der Waals surface area contributed by atoms with Crippen molar-refractivity contribution in [2.75, 3.05) is 42.3 Å². The smallest absolute Gasteiger partial charge is 0.414 e. The average Bonchev–Trinajstić information content (AvgIpc) is 3.29. The molecule has 2 aromatic heterocycles. The number of anilines is 2. The average molecular weight is 535 g/mol. The van der Waals surface area contributed by atoms with Crippen LogP contribution in [0.15, 0.2) is 53.7 Å². The number of hydrogen-bond acceptors (Lipinski definition) is 10. The number of carbonyl (C=O) groups is 2. The summed E-state index contributed by atoms with van der Waals surface area (Å²) < 4.78 is 16.5. The molecule has 3 aromatic rings. The summed E-state index contributed by atoms with van der Waals surface area (Å²) in [7, 11) is 0. The van der Waals surface area contributed by atoms with Crippen LogP contribution in [0.4, 0.5) is 16.2 Å². The first-order valence-corrected chi connectivity index (χ1v) is 13.4. The Hall–Kier alpha value is -3.74.